The average molecular weight is 276 g/mol. The summed E-state index contributed by atoms with van der Waals surface area (Å²) in [6.45, 7) is 2.99. The van der Waals surface area contributed by atoms with Crippen molar-refractivity contribution in [1.29, 1.82) is 0 Å². The van der Waals surface area contributed by atoms with Crippen molar-refractivity contribution in [3.8, 4) is 0 Å². The van der Waals surface area contributed by atoms with Crippen LogP contribution in [0.1, 0.15) is 19.8 Å². The maximum absolute atomic E-state index is 11.8. The minimum atomic E-state index is 0.0227. The topological polar surface area (TPSA) is 42.4 Å². The van der Waals surface area contributed by atoms with E-state index in [0.29, 0.717) is 6.54 Å². The Kier molecular flexibility index (Phi) is 3.48. The lowest BCUT2D eigenvalue weighted by Gasteiger charge is -2.21. The van der Waals surface area contributed by atoms with Crippen LogP contribution < -0.4 is 4.90 Å². The first kappa shape index (κ1) is 12.6. The summed E-state index contributed by atoms with van der Waals surface area (Å²) in [5.41, 5.74) is 0.945. The van der Waals surface area contributed by atoms with Crippen LogP contribution in [0.5, 0.6) is 0 Å². The molecule has 100 valence electrons. The Balaban J connectivity index is 1.88. The second kappa shape index (κ2) is 5.27. The third kappa shape index (κ3) is 2.62. The van der Waals surface area contributed by atoms with Gasteiger partial charge in [-0.25, -0.2) is 4.98 Å². The number of anilines is 1. The predicted octanol–water partition coefficient (Wildman–Crippen LogP) is 2.83. The highest BCUT2D eigenvalue weighted by molar-refractivity contribution is 7.22. The zero-order valence-corrected chi connectivity index (χ0v) is 11.7. The molecule has 1 aliphatic heterocycles. The molecule has 4 nitrogen and oxygen atoms in total. The normalized spacial score (nSPS) is 18.9. The number of para-hydroxylation sites is 1. The highest BCUT2D eigenvalue weighted by atomic mass is 32.1. The largest absolute Gasteiger partial charge is 0.376 e. The van der Waals surface area contributed by atoms with Crippen molar-refractivity contribution < 1.29 is 9.53 Å². The van der Waals surface area contributed by atoms with Gasteiger partial charge in [0.05, 0.1) is 22.9 Å². The molecule has 2 aromatic rings. The Hall–Kier alpha value is -1.46. The molecule has 1 fully saturated rings. The van der Waals surface area contributed by atoms with Crippen LogP contribution in [0.25, 0.3) is 10.2 Å². The first-order valence-electron chi connectivity index (χ1n) is 6.49. The predicted molar refractivity (Wildman–Crippen MR) is 76.6 cm³/mol. The molecule has 1 aliphatic rings. The van der Waals surface area contributed by atoms with Gasteiger partial charge in [0, 0.05) is 13.5 Å². The van der Waals surface area contributed by atoms with E-state index in [-0.39, 0.29) is 12.0 Å². The number of carbonyl (C=O) groups is 1. The van der Waals surface area contributed by atoms with Crippen LogP contribution in [0.4, 0.5) is 5.13 Å². The van der Waals surface area contributed by atoms with Crippen molar-refractivity contribution >= 4 is 32.6 Å². The number of rotatable bonds is 3. The van der Waals surface area contributed by atoms with Crippen LogP contribution >= 0.6 is 11.3 Å². The molecule has 3 rings (SSSR count). The third-order valence-corrected chi connectivity index (χ3v) is 4.36. The van der Waals surface area contributed by atoms with Gasteiger partial charge in [-0.3, -0.25) is 9.69 Å². The fourth-order valence-electron chi connectivity index (χ4n) is 2.31. The number of amides is 1. The van der Waals surface area contributed by atoms with Crippen molar-refractivity contribution in [2.24, 2.45) is 0 Å². The Morgan fingerprint density at radius 1 is 1.53 bits per heavy atom. The van der Waals surface area contributed by atoms with Crippen molar-refractivity contribution in [2.45, 2.75) is 25.9 Å². The average Bonchev–Trinajstić information content (AvgIpc) is 3.04. The summed E-state index contributed by atoms with van der Waals surface area (Å²) < 4.78 is 6.72. The summed E-state index contributed by atoms with van der Waals surface area (Å²) >= 11 is 1.56. The summed E-state index contributed by atoms with van der Waals surface area (Å²) in [5, 5.41) is 0.768. The Bertz CT molecular complexity index is 557. The number of ether oxygens (including phenoxy) is 1. The van der Waals surface area contributed by atoms with Crippen molar-refractivity contribution in [1.82, 2.24) is 4.98 Å². The van der Waals surface area contributed by atoms with Gasteiger partial charge in [0.25, 0.3) is 0 Å². The first-order valence-corrected chi connectivity index (χ1v) is 7.31. The molecule has 2 heterocycles. The standard InChI is InChI=1S/C14H16N2O2S/c1-10(17)16(9-11-5-4-8-18-11)14-15-12-6-2-3-7-13(12)19-14/h2-3,6-7,11H,4-5,8-9H2,1H3. The number of aromatic nitrogens is 1. The fraction of sp³-hybridized carbons (Fsp3) is 0.429. The van der Waals surface area contributed by atoms with Gasteiger partial charge < -0.3 is 4.74 Å². The van der Waals surface area contributed by atoms with Gasteiger partial charge in [-0.2, -0.15) is 0 Å². The number of benzene rings is 1. The minimum Gasteiger partial charge on any atom is -0.376 e. The van der Waals surface area contributed by atoms with E-state index in [4.69, 9.17) is 4.74 Å². The van der Waals surface area contributed by atoms with E-state index in [9.17, 15) is 4.79 Å². The van der Waals surface area contributed by atoms with Crippen LogP contribution in [-0.2, 0) is 9.53 Å². The molecular formula is C14H16N2O2S. The highest BCUT2D eigenvalue weighted by Gasteiger charge is 2.23. The fourth-order valence-corrected chi connectivity index (χ4v) is 3.33. The van der Waals surface area contributed by atoms with Gasteiger partial charge in [0.1, 0.15) is 0 Å². The molecule has 0 bridgehead atoms. The van der Waals surface area contributed by atoms with Crippen LogP contribution in [0, 0.1) is 0 Å². The molecule has 1 amide bonds. The molecule has 0 saturated carbocycles. The molecule has 1 aromatic carbocycles. The van der Waals surface area contributed by atoms with Gasteiger partial charge in [-0.1, -0.05) is 23.5 Å². The Morgan fingerprint density at radius 3 is 3.05 bits per heavy atom. The van der Waals surface area contributed by atoms with Crippen LogP contribution in [0.15, 0.2) is 24.3 Å². The lowest BCUT2D eigenvalue weighted by Crippen LogP contribution is -2.35. The Labute approximate surface area is 116 Å². The second-order valence-electron chi connectivity index (χ2n) is 4.73. The molecule has 0 radical (unpaired) electrons. The number of carbonyl (C=O) groups excluding carboxylic acids is 1. The number of hydrogen-bond donors (Lipinski definition) is 0. The van der Waals surface area contributed by atoms with Crippen molar-refractivity contribution in [3.63, 3.8) is 0 Å². The summed E-state index contributed by atoms with van der Waals surface area (Å²) in [7, 11) is 0. The van der Waals surface area contributed by atoms with E-state index in [1.165, 1.54) is 0 Å². The van der Waals surface area contributed by atoms with Crippen LogP contribution in [-0.4, -0.2) is 30.1 Å². The lowest BCUT2D eigenvalue weighted by atomic mass is 10.2. The summed E-state index contributed by atoms with van der Waals surface area (Å²) in [6, 6.07) is 7.95. The smallest absolute Gasteiger partial charge is 0.225 e. The first-order chi connectivity index (χ1) is 9.24. The SMILES string of the molecule is CC(=O)N(CC1CCCO1)c1nc2ccccc2s1. The Morgan fingerprint density at radius 2 is 2.37 bits per heavy atom. The number of hydrogen-bond acceptors (Lipinski definition) is 4. The van der Waals surface area contributed by atoms with E-state index in [2.05, 4.69) is 4.98 Å². The summed E-state index contributed by atoms with van der Waals surface area (Å²) in [6.07, 6.45) is 2.25. The van der Waals surface area contributed by atoms with Gasteiger partial charge in [-0.05, 0) is 25.0 Å². The molecule has 0 aliphatic carbocycles. The lowest BCUT2D eigenvalue weighted by molar-refractivity contribution is -0.116. The molecule has 1 atom stereocenters. The number of fused-ring (bicyclic) bond motifs is 1. The minimum absolute atomic E-state index is 0.0227. The molecule has 19 heavy (non-hydrogen) atoms. The van der Waals surface area contributed by atoms with E-state index in [1.54, 1.807) is 23.2 Å². The molecule has 5 heteroatoms. The third-order valence-electron chi connectivity index (χ3n) is 3.30. The van der Waals surface area contributed by atoms with E-state index in [0.717, 1.165) is 34.8 Å². The van der Waals surface area contributed by atoms with Gasteiger partial charge in [0.15, 0.2) is 5.13 Å². The molecule has 0 N–H and O–H groups in total. The van der Waals surface area contributed by atoms with Gasteiger partial charge in [0.2, 0.25) is 5.91 Å². The van der Waals surface area contributed by atoms with Crippen LogP contribution in [0.2, 0.25) is 0 Å². The number of thiazole rings is 1. The molecule has 1 saturated heterocycles. The highest BCUT2D eigenvalue weighted by Crippen LogP contribution is 2.29. The molecular weight excluding hydrogens is 260 g/mol. The van der Waals surface area contributed by atoms with E-state index < -0.39 is 0 Å². The number of nitrogens with zero attached hydrogens (tertiary/aromatic N) is 2. The van der Waals surface area contributed by atoms with E-state index >= 15 is 0 Å². The zero-order valence-electron chi connectivity index (χ0n) is 10.8. The van der Waals surface area contributed by atoms with Gasteiger partial charge in [-0.15, -0.1) is 0 Å². The maximum Gasteiger partial charge on any atom is 0.225 e. The van der Waals surface area contributed by atoms with E-state index in [1.807, 2.05) is 24.3 Å². The van der Waals surface area contributed by atoms with Crippen LogP contribution in [0.3, 0.4) is 0 Å². The van der Waals surface area contributed by atoms with Crippen molar-refractivity contribution in [3.05, 3.63) is 24.3 Å². The molecule has 0 spiro atoms. The monoisotopic (exact) mass is 276 g/mol. The summed E-state index contributed by atoms with van der Waals surface area (Å²) in [4.78, 5) is 18.1. The quantitative estimate of drug-likeness (QED) is 0.865. The molecule has 1 unspecified atom stereocenters. The zero-order chi connectivity index (χ0) is 13.2. The summed E-state index contributed by atoms with van der Waals surface area (Å²) in [5.74, 6) is 0.0227. The molecule has 1 aromatic heterocycles. The maximum atomic E-state index is 11.8. The van der Waals surface area contributed by atoms with Crippen molar-refractivity contribution in [2.75, 3.05) is 18.1 Å². The second-order valence-corrected chi connectivity index (χ2v) is 5.74. The van der Waals surface area contributed by atoms with Gasteiger partial charge >= 0.3 is 0 Å².